The molecule has 1 heterocycles. The summed E-state index contributed by atoms with van der Waals surface area (Å²) in [6.07, 6.45) is 0.652. The average molecular weight is 368 g/mol. The van der Waals surface area contributed by atoms with E-state index in [9.17, 15) is 4.39 Å². The first kappa shape index (κ1) is 14.5. The van der Waals surface area contributed by atoms with E-state index < -0.39 is 0 Å². The van der Waals surface area contributed by atoms with Crippen LogP contribution in [0.3, 0.4) is 0 Å². The Balaban J connectivity index is 2.33. The Bertz CT molecular complexity index is 813. The van der Waals surface area contributed by atoms with E-state index in [1.165, 1.54) is 12.1 Å². The topological polar surface area (TPSA) is 17.8 Å². The van der Waals surface area contributed by atoms with Crippen LogP contribution in [0.5, 0.6) is 0 Å². The molecule has 0 saturated carbocycles. The Hall–Kier alpha value is -1.39. The molecule has 21 heavy (non-hydrogen) atoms. The van der Waals surface area contributed by atoms with Gasteiger partial charge in [-0.05, 0) is 52.7 Å². The third-order valence-electron chi connectivity index (χ3n) is 3.43. The molecule has 0 aliphatic carbocycles. The van der Waals surface area contributed by atoms with Crippen molar-refractivity contribution in [2.24, 2.45) is 0 Å². The van der Waals surface area contributed by atoms with Gasteiger partial charge < -0.3 is 0 Å². The van der Waals surface area contributed by atoms with Crippen LogP contribution in [0.2, 0.25) is 0 Å². The number of halogens is 3. The van der Waals surface area contributed by atoms with Gasteiger partial charge in [-0.1, -0.05) is 12.1 Å². The molecule has 0 aliphatic heterocycles. The predicted molar refractivity (Wildman–Crippen MR) is 87.9 cm³/mol. The lowest BCUT2D eigenvalue weighted by Gasteiger charge is -2.11. The molecule has 5 heteroatoms. The zero-order valence-electron chi connectivity index (χ0n) is 11.4. The standard InChI is InChI=1S/C16H13BrClFN2/c1-10-3-2-4-14-16(10)20-15(7-8-18)21(14)13-6-5-11(19)9-12(13)17/h2-6,9H,7-8H2,1H3. The van der Waals surface area contributed by atoms with Gasteiger partial charge in [-0.3, -0.25) is 4.57 Å². The summed E-state index contributed by atoms with van der Waals surface area (Å²) in [7, 11) is 0. The fourth-order valence-electron chi connectivity index (χ4n) is 2.47. The van der Waals surface area contributed by atoms with E-state index in [4.69, 9.17) is 16.6 Å². The van der Waals surface area contributed by atoms with Crippen LogP contribution in [0, 0.1) is 12.7 Å². The van der Waals surface area contributed by atoms with Gasteiger partial charge in [0.1, 0.15) is 11.6 Å². The number of nitrogens with zero attached hydrogens (tertiary/aromatic N) is 2. The van der Waals surface area contributed by atoms with Crippen LogP contribution < -0.4 is 0 Å². The van der Waals surface area contributed by atoms with Crippen LogP contribution in [0.25, 0.3) is 16.7 Å². The zero-order valence-corrected chi connectivity index (χ0v) is 13.7. The minimum Gasteiger partial charge on any atom is -0.295 e. The molecule has 0 N–H and O–H groups in total. The Morgan fingerprint density at radius 3 is 2.81 bits per heavy atom. The molecule has 3 rings (SSSR count). The van der Waals surface area contributed by atoms with Gasteiger partial charge in [-0.2, -0.15) is 0 Å². The average Bonchev–Trinajstić information content (AvgIpc) is 2.79. The lowest BCUT2D eigenvalue weighted by molar-refractivity contribution is 0.626. The fraction of sp³-hybridized carbons (Fsp3) is 0.188. The van der Waals surface area contributed by atoms with E-state index in [0.29, 0.717) is 16.8 Å². The smallest absolute Gasteiger partial charge is 0.124 e. The van der Waals surface area contributed by atoms with Crippen molar-refractivity contribution in [3.63, 3.8) is 0 Å². The van der Waals surface area contributed by atoms with Crippen LogP contribution >= 0.6 is 27.5 Å². The monoisotopic (exact) mass is 366 g/mol. The summed E-state index contributed by atoms with van der Waals surface area (Å²) in [5.41, 5.74) is 3.93. The third kappa shape index (κ3) is 2.58. The predicted octanol–water partition coefficient (Wildman–Crippen LogP) is 5.02. The first-order chi connectivity index (χ1) is 10.1. The molecule has 0 spiro atoms. The Kier molecular flexibility index (Phi) is 4.00. The molecule has 0 bridgehead atoms. The molecule has 3 aromatic rings. The summed E-state index contributed by atoms with van der Waals surface area (Å²) in [5.74, 6) is 1.09. The first-order valence-electron chi connectivity index (χ1n) is 6.60. The van der Waals surface area contributed by atoms with Crippen molar-refractivity contribution in [3.8, 4) is 5.69 Å². The summed E-state index contributed by atoms with van der Waals surface area (Å²) in [5, 5.41) is 0. The highest BCUT2D eigenvalue weighted by atomic mass is 79.9. The van der Waals surface area contributed by atoms with E-state index in [0.717, 1.165) is 28.1 Å². The molecule has 0 saturated heterocycles. The number of imidazole rings is 1. The minimum atomic E-state index is -0.273. The summed E-state index contributed by atoms with van der Waals surface area (Å²) < 4.78 is 16.1. The van der Waals surface area contributed by atoms with Gasteiger partial charge in [0.05, 0.1) is 16.7 Å². The van der Waals surface area contributed by atoms with Gasteiger partial charge in [0.25, 0.3) is 0 Å². The maximum absolute atomic E-state index is 13.3. The number of alkyl halides is 1. The summed E-state index contributed by atoms with van der Waals surface area (Å²) in [6.45, 7) is 2.03. The van der Waals surface area contributed by atoms with Crippen LogP contribution in [0.1, 0.15) is 11.4 Å². The maximum Gasteiger partial charge on any atom is 0.124 e. The van der Waals surface area contributed by atoms with Gasteiger partial charge in [-0.15, -0.1) is 11.6 Å². The number of benzene rings is 2. The Labute approximate surface area is 135 Å². The van der Waals surface area contributed by atoms with Crippen molar-refractivity contribution in [2.75, 3.05) is 5.88 Å². The number of aryl methyl sites for hydroxylation is 2. The molecule has 0 unspecified atom stereocenters. The number of hydrogen-bond acceptors (Lipinski definition) is 1. The van der Waals surface area contributed by atoms with Crippen molar-refractivity contribution in [2.45, 2.75) is 13.3 Å². The van der Waals surface area contributed by atoms with Gasteiger partial charge in [0.15, 0.2) is 0 Å². The molecule has 1 aromatic heterocycles. The molecule has 0 amide bonds. The van der Waals surface area contributed by atoms with Gasteiger partial charge in [0.2, 0.25) is 0 Å². The van der Waals surface area contributed by atoms with Gasteiger partial charge in [0, 0.05) is 16.8 Å². The largest absolute Gasteiger partial charge is 0.295 e. The Morgan fingerprint density at radius 1 is 1.29 bits per heavy atom. The molecule has 0 atom stereocenters. The van der Waals surface area contributed by atoms with Crippen molar-refractivity contribution in [1.82, 2.24) is 9.55 Å². The molecule has 0 radical (unpaired) electrons. The second-order valence-electron chi connectivity index (χ2n) is 4.84. The molecule has 2 aromatic carbocycles. The molecular weight excluding hydrogens is 355 g/mol. The van der Waals surface area contributed by atoms with Crippen molar-refractivity contribution < 1.29 is 4.39 Å². The summed E-state index contributed by atoms with van der Waals surface area (Å²) in [4.78, 5) is 4.71. The minimum absolute atomic E-state index is 0.273. The zero-order chi connectivity index (χ0) is 15.0. The number of para-hydroxylation sites is 1. The van der Waals surface area contributed by atoms with E-state index in [2.05, 4.69) is 15.9 Å². The Morgan fingerprint density at radius 2 is 2.10 bits per heavy atom. The molecule has 2 nitrogen and oxygen atoms in total. The number of aromatic nitrogens is 2. The van der Waals surface area contributed by atoms with E-state index in [1.807, 2.05) is 29.7 Å². The molecule has 0 aliphatic rings. The highest BCUT2D eigenvalue weighted by Crippen LogP contribution is 2.29. The van der Waals surface area contributed by atoms with Crippen LogP contribution in [0.4, 0.5) is 4.39 Å². The maximum atomic E-state index is 13.3. The lowest BCUT2D eigenvalue weighted by Crippen LogP contribution is -2.03. The quantitative estimate of drug-likeness (QED) is 0.595. The van der Waals surface area contributed by atoms with Crippen molar-refractivity contribution >= 4 is 38.6 Å². The molecule has 108 valence electrons. The number of rotatable bonds is 3. The normalized spacial score (nSPS) is 11.2. The van der Waals surface area contributed by atoms with E-state index in [-0.39, 0.29) is 5.82 Å². The highest BCUT2D eigenvalue weighted by molar-refractivity contribution is 9.10. The third-order valence-corrected chi connectivity index (χ3v) is 4.25. The van der Waals surface area contributed by atoms with Crippen LogP contribution in [-0.4, -0.2) is 15.4 Å². The van der Waals surface area contributed by atoms with Gasteiger partial charge in [-0.25, -0.2) is 9.37 Å². The second kappa shape index (κ2) is 5.78. The molecule has 0 fully saturated rings. The van der Waals surface area contributed by atoms with E-state index in [1.54, 1.807) is 6.07 Å². The van der Waals surface area contributed by atoms with Crippen molar-refractivity contribution in [3.05, 3.63) is 58.1 Å². The SMILES string of the molecule is Cc1cccc2c1nc(CCCl)n2-c1ccc(F)cc1Br. The second-order valence-corrected chi connectivity index (χ2v) is 6.07. The first-order valence-corrected chi connectivity index (χ1v) is 7.93. The molecular formula is C16H13BrClFN2. The lowest BCUT2D eigenvalue weighted by atomic mass is 10.2. The number of fused-ring (bicyclic) bond motifs is 1. The summed E-state index contributed by atoms with van der Waals surface area (Å²) in [6, 6.07) is 10.7. The van der Waals surface area contributed by atoms with Crippen molar-refractivity contribution in [1.29, 1.82) is 0 Å². The highest BCUT2D eigenvalue weighted by Gasteiger charge is 2.15. The van der Waals surface area contributed by atoms with Crippen LogP contribution in [0.15, 0.2) is 40.9 Å². The van der Waals surface area contributed by atoms with Gasteiger partial charge >= 0.3 is 0 Å². The van der Waals surface area contributed by atoms with E-state index >= 15 is 0 Å². The summed E-state index contributed by atoms with van der Waals surface area (Å²) >= 11 is 9.34. The number of hydrogen-bond donors (Lipinski definition) is 0. The van der Waals surface area contributed by atoms with Crippen LogP contribution in [-0.2, 0) is 6.42 Å². The fourth-order valence-corrected chi connectivity index (χ4v) is 3.17.